The van der Waals surface area contributed by atoms with E-state index in [1.807, 2.05) is 42.5 Å². The third-order valence-corrected chi connectivity index (χ3v) is 8.47. The van der Waals surface area contributed by atoms with Gasteiger partial charge in [-0.2, -0.15) is 0 Å². The second-order valence-electron chi connectivity index (χ2n) is 11.1. The molecule has 1 aliphatic carbocycles. The SMILES string of the molecule is C[C@H](NC(=O)c1c(CN2CCN(CCC(=O)O)CC2)c(-c2ccccc2)nc2ccccc12)C1CCCCC1. The number of fused-ring (bicyclic) bond motifs is 1. The Kier molecular flexibility index (Phi) is 8.89. The summed E-state index contributed by atoms with van der Waals surface area (Å²) in [6, 6.07) is 18.3. The highest BCUT2D eigenvalue weighted by Crippen LogP contribution is 2.32. The van der Waals surface area contributed by atoms with Gasteiger partial charge in [-0.05, 0) is 31.7 Å². The van der Waals surface area contributed by atoms with Crippen LogP contribution in [-0.2, 0) is 11.3 Å². The summed E-state index contributed by atoms with van der Waals surface area (Å²) in [7, 11) is 0. The van der Waals surface area contributed by atoms with Crippen molar-refractivity contribution in [2.75, 3.05) is 32.7 Å². The number of carboxylic acid groups (broad SMARTS) is 1. The number of aromatic nitrogens is 1. The Morgan fingerprint density at radius 3 is 2.33 bits per heavy atom. The quantitative estimate of drug-likeness (QED) is 0.397. The van der Waals surface area contributed by atoms with Crippen LogP contribution in [0.5, 0.6) is 0 Å². The molecular weight excluding hydrogens is 488 g/mol. The number of nitrogens with one attached hydrogen (secondary N) is 1. The largest absolute Gasteiger partial charge is 0.481 e. The summed E-state index contributed by atoms with van der Waals surface area (Å²) < 4.78 is 0. The second kappa shape index (κ2) is 12.7. The molecule has 2 N–H and O–H groups in total. The summed E-state index contributed by atoms with van der Waals surface area (Å²) in [5, 5.41) is 13.4. The van der Waals surface area contributed by atoms with Gasteiger partial charge in [-0.3, -0.25) is 14.5 Å². The maximum atomic E-state index is 14.1. The number of carbonyl (C=O) groups excluding carboxylic acids is 1. The summed E-state index contributed by atoms with van der Waals surface area (Å²) in [6.07, 6.45) is 6.28. The van der Waals surface area contributed by atoms with E-state index < -0.39 is 5.97 Å². The number of para-hydroxylation sites is 1. The molecule has 1 aromatic heterocycles. The van der Waals surface area contributed by atoms with Gasteiger partial charge in [0.15, 0.2) is 0 Å². The lowest BCUT2D eigenvalue weighted by atomic mass is 9.84. The van der Waals surface area contributed by atoms with E-state index in [0.29, 0.717) is 19.0 Å². The van der Waals surface area contributed by atoms with Crippen molar-refractivity contribution in [3.63, 3.8) is 0 Å². The van der Waals surface area contributed by atoms with Gasteiger partial charge in [0, 0.05) is 61.8 Å². The number of amides is 1. The molecule has 3 aromatic rings. The maximum Gasteiger partial charge on any atom is 0.304 e. The molecule has 39 heavy (non-hydrogen) atoms. The van der Waals surface area contributed by atoms with E-state index in [4.69, 9.17) is 10.1 Å². The molecule has 0 bridgehead atoms. The van der Waals surface area contributed by atoms with E-state index >= 15 is 0 Å². The van der Waals surface area contributed by atoms with Crippen molar-refractivity contribution in [3.05, 3.63) is 65.7 Å². The van der Waals surface area contributed by atoms with Crippen molar-refractivity contribution in [1.82, 2.24) is 20.1 Å². The normalized spacial score (nSPS) is 18.2. The van der Waals surface area contributed by atoms with E-state index in [1.54, 1.807) is 0 Å². The summed E-state index contributed by atoms with van der Waals surface area (Å²) in [5.74, 6) is -0.254. The lowest BCUT2D eigenvalue weighted by molar-refractivity contribution is -0.137. The molecular formula is C32H40N4O3. The van der Waals surface area contributed by atoms with Gasteiger partial charge in [-0.15, -0.1) is 0 Å². The van der Waals surface area contributed by atoms with Crippen LogP contribution in [0.15, 0.2) is 54.6 Å². The Morgan fingerprint density at radius 1 is 0.949 bits per heavy atom. The maximum absolute atomic E-state index is 14.1. The minimum Gasteiger partial charge on any atom is -0.481 e. The van der Waals surface area contributed by atoms with E-state index in [9.17, 15) is 9.59 Å². The standard InChI is InChI=1S/C32H40N4O3/c1-23(24-10-4-2-5-11-24)33-32(39)30-26-14-8-9-15-28(26)34-31(25-12-6-3-7-13-25)27(30)22-36-20-18-35(19-21-36)17-16-29(37)38/h3,6-9,12-15,23-24H,2,4-5,10-11,16-22H2,1H3,(H,33,39)(H,37,38)/t23-/m0/s1. The molecule has 1 saturated heterocycles. The fourth-order valence-electron chi connectivity index (χ4n) is 6.18. The lowest BCUT2D eigenvalue weighted by Crippen LogP contribution is -2.46. The van der Waals surface area contributed by atoms with E-state index in [1.165, 1.54) is 32.1 Å². The number of pyridine rings is 1. The van der Waals surface area contributed by atoms with Crippen LogP contribution in [0.25, 0.3) is 22.2 Å². The van der Waals surface area contributed by atoms with E-state index in [0.717, 1.165) is 59.5 Å². The summed E-state index contributed by atoms with van der Waals surface area (Å²) >= 11 is 0. The molecule has 206 valence electrons. The molecule has 0 spiro atoms. The number of rotatable bonds is 9. The topological polar surface area (TPSA) is 85.8 Å². The van der Waals surface area contributed by atoms with Gasteiger partial charge in [-0.1, -0.05) is 67.8 Å². The number of piperazine rings is 1. The zero-order valence-electron chi connectivity index (χ0n) is 22.9. The van der Waals surface area contributed by atoms with Crippen LogP contribution in [0, 0.1) is 5.92 Å². The molecule has 7 heteroatoms. The molecule has 2 aromatic carbocycles. The molecule has 1 amide bonds. The van der Waals surface area contributed by atoms with Gasteiger partial charge >= 0.3 is 5.97 Å². The molecule has 5 rings (SSSR count). The number of benzene rings is 2. The van der Waals surface area contributed by atoms with Crippen molar-refractivity contribution >= 4 is 22.8 Å². The molecule has 2 fully saturated rings. The first-order valence-corrected chi connectivity index (χ1v) is 14.4. The number of aliphatic carboxylic acids is 1. The van der Waals surface area contributed by atoms with Crippen molar-refractivity contribution < 1.29 is 14.7 Å². The minimum atomic E-state index is -0.759. The van der Waals surface area contributed by atoms with Crippen molar-refractivity contribution in [2.24, 2.45) is 5.92 Å². The van der Waals surface area contributed by atoms with Crippen LogP contribution in [-0.4, -0.2) is 70.5 Å². The first kappa shape index (κ1) is 27.3. The predicted octanol–water partition coefficient (Wildman–Crippen LogP) is 5.19. The number of carboxylic acids is 1. The van der Waals surface area contributed by atoms with Gasteiger partial charge in [0.2, 0.25) is 0 Å². The Bertz CT molecular complexity index is 1280. The van der Waals surface area contributed by atoms with Crippen LogP contribution in [0.2, 0.25) is 0 Å². The highest BCUT2D eigenvalue weighted by Gasteiger charge is 2.28. The van der Waals surface area contributed by atoms with Gasteiger partial charge in [0.1, 0.15) is 0 Å². The average molecular weight is 529 g/mol. The predicted molar refractivity (Wildman–Crippen MR) is 155 cm³/mol. The van der Waals surface area contributed by atoms with Gasteiger partial charge in [-0.25, -0.2) is 4.98 Å². The first-order chi connectivity index (χ1) is 19.0. The molecule has 1 atom stereocenters. The van der Waals surface area contributed by atoms with Gasteiger partial charge < -0.3 is 15.3 Å². The Labute approximate surface area is 231 Å². The van der Waals surface area contributed by atoms with Crippen molar-refractivity contribution in [1.29, 1.82) is 0 Å². The number of hydrogen-bond donors (Lipinski definition) is 2. The minimum absolute atomic E-state index is 0.0149. The number of hydrogen-bond acceptors (Lipinski definition) is 5. The second-order valence-corrected chi connectivity index (χ2v) is 11.1. The van der Waals surface area contributed by atoms with Gasteiger partial charge in [0.25, 0.3) is 5.91 Å². The fourth-order valence-corrected chi connectivity index (χ4v) is 6.18. The number of nitrogens with zero attached hydrogens (tertiary/aromatic N) is 3. The first-order valence-electron chi connectivity index (χ1n) is 14.4. The fraction of sp³-hybridized carbons (Fsp3) is 0.469. The number of carbonyl (C=O) groups is 2. The lowest BCUT2D eigenvalue weighted by Gasteiger charge is -2.35. The van der Waals surface area contributed by atoms with Gasteiger partial charge in [0.05, 0.1) is 23.2 Å². The molecule has 0 radical (unpaired) electrons. The molecule has 2 heterocycles. The molecule has 2 aliphatic rings. The molecule has 1 saturated carbocycles. The molecule has 0 unspecified atom stereocenters. The smallest absolute Gasteiger partial charge is 0.304 e. The van der Waals surface area contributed by atoms with Crippen molar-refractivity contribution in [3.8, 4) is 11.3 Å². The van der Waals surface area contributed by atoms with Crippen LogP contribution >= 0.6 is 0 Å². The average Bonchev–Trinajstić information content (AvgIpc) is 2.97. The Morgan fingerprint density at radius 2 is 1.62 bits per heavy atom. The van der Waals surface area contributed by atoms with Crippen LogP contribution in [0.1, 0.15) is 61.4 Å². The summed E-state index contributed by atoms with van der Waals surface area (Å²) in [5.41, 5.74) is 4.39. The van der Waals surface area contributed by atoms with E-state index in [2.05, 4.69) is 34.2 Å². The van der Waals surface area contributed by atoms with E-state index in [-0.39, 0.29) is 18.4 Å². The molecule has 1 aliphatic heterocycles. The third-order valence-electron chi connectivity index (χ3n) is 8.47. The Hall–Kier alpha value is -3.29. The highest BCUT2D eigenvalue weighted by atomic mass is 16.4. The highest BCUT2D eigenvalue weighted by molar-refractivity contribution is 6.09. The van der Waals surface area contributed by atoms with Crippen molar-refractivity contribution in [2.45, 2.75) is 58.0 Å². The summed E-state index contributed by atoms with van der Waals surface area (Å²) in [4.78, 5) is 34.8. The zero-order valence-corrected chi connectivity index (χ0v) is 22.9. The third kappa shape index (κ3) is 6.65. The van der Waals surface area contributed by atoms with Crippen LogP contribution < -0.4 is 5.32 Å². The molecule has 7 nitrogen and oxygen atoms in total. The van der Waals surface area contributed by atoms with Crippen LogP contribution in [0.3, 0.4) is 0 Å². The Balaban J connectivity index is 1.49. The zero-order chi connectivity index (χ0) is 27.2. The monoisotopic (exact) mass is 528 g/mol. The van der Waals surface area contributed by atoms with Crippen LogP contribution in [0.4, 0.5) is 0 Å². The summed E-state index contributed by atoms with van der Waals surface area (Å²) in [6.45, 7) is 6.62.